The zero-order chi connectivity index (χ0) is 14.7. The summed E-state index contributed by atoms with van der Waals surface area (Å²) >= 11 is 1.48. The van der Waals surface area contributed by atoms with Crippen molar-refractivity contribution >= 4 is 22.7 Å². The summed E-state index contributed by atoms with van der Waals surface area (Å²) in [7, 11) is 0. The third-order valence-electron chi connectivity index (χ3n) is 3.06. The van der Waals surface area contributed by atoms with Crippen molar-refractivity contribution in [2.24, 2.45) is 4.99 Å². The first-order valence-corrected chi connectivity index (χ1v) is 7.45. The van der Waals surface area contributed by atoms with Gasteiger partial charge in [0, 0.05) is 22.7 Å². The predicted molar refractivity (Wildman–Crippen MR) is 87.6 cm³/mol. The van der Waals surface area contributed by atoms with Gasteiger partial charge in [0.05, 0.1) is 5.69 Å². The largest absolute Gasteiger partial charge is 0.507 e. The molecule has 1 aromatic heterocycles. The molecule has 0 unspecified atom stereocenters. The molecule has 0 aliphatic rings. The van der Waals surface area contributed by atoms with E-state index in [9.17, 15) is 5.11 Å². The molecule has 0 saturated heterocycles. The van der Waals surface area contributed by atoms with Crippen LogP contribution in [0.1, 0.15) is 11.1 Å². The quantitative estimate of drug-likeness (QED) is 0.719. The van der Waals surface area contributed by atoms with Gasteiger partial charge in [0.15, 0.2) is 0 Å². The van der Waals surface area contributed by atoms with Crippen molar-refractivity contribution in [2.75, 3.05) is 0 Å². The standard InChI is InChI=1S/C17H14N2OS/c1-12-7-8-16(20)14(9-12)10-18-17-19-15(11-21-17)13-5-3-2-4-6-13/h2-11,20H,1H3/b18-10+. The fraction of sp³-hybridized carbons (Fsp3) is 0.0588. The Morgan fingerprint density at radius 3 is 2.76 bits per heavy atom. The van der Waals surface area contributed by atoms with Crippen molar-refractivity contribution in [1.29, 1.82) is 0 Å². The molecule has 2 aromatic carbocycles. The maximum Gasteiger partial charge on any atom is 0.209 e. The average molecular weight is 294 g/mol. The van der Waals surface area contributed by atoms with Gasteiger partial charge in [-0.15, -0.1) is 11.3 Å². The summed E-state index contributed by atoms with van der Waals surface area (Å²) in [6.07, 6.45) is 1.65. The van der Waals surface area contributed by atoms with E-state index in [1.54, 1.807) is 12.3 Å². The van der Waals surface area contributed by atoms with Crippen molar-refractivity contribution in [3.63, 3.8) is 0 Å². The molecule has 0 aliphatic heterocycles. The van der Waals surface area contributed by atoms with Crippen molar-refractivity contribution in [3.8, 4) is 17.0 Å². The lowest BCUT2D eigenvalue weighted by Gasteiger charge is -1.99. The Labute approximate surface area is 127 Å². The maximum atomic E-state index is 9.79. The second kappa shape index (κ2) is 5.89. The number of benzene rings is 2. The van der Waals surface area contributed by atoms with Gasteiger partial charge in [-0.05, 0) is 19.1 Å². The van der Waals surface area contributed by atoms with Gasteiger partial charge in [-0.2, -0.15) is 0 Å². The van der Waals surface area contributed by atoms with Crippen LogP contribution < -0.4 is 0 Å². The highest BCUT2D eigenvalue weighted by Gasteiger charge is 2.03. The highest BCUT2D eigenvalue weighted by Crippen LogP contribution is 2.27. The Bertz CT molecular complexity index is 778. The number of aryl methyl sites for hydroxylation is 1. The van der Waals surface area contributed by atoms with E-state index in [0.717, 1.165) is 16.8 Å². The van der Waals surface area contributed by atoms with Gasteiger partial charge in [0.25, 0.3) is 0 Å². The zero-order valence-electron chi connectivity index (χ0n) is 11.5. The lowest BCUT2D eigenvalue weighted by molar-refractivity contribution is 0.474. The number of nitrogens with zero attached hydrogens (tertiary/aromatic N) is 2. The third-order valence-corrected chi connectivity index (χ3v) is 3.81. The normalized spacial score (nSPS) is 11.1. The molecule has 0 spiro atoms. The molecular formula is C17H14N2OS. The zero-order valence-corrected chi connectivity index (χ0v) is 12.3. The number of hydrogen-bond donors (Lipinski definition) is 1. The molecule has 0 fully saturated rings. The highest BCUT2D eigenvalue weighted by atomic mass is 32.1. The maximum absolute atomic E-state index is 9.79. The van der Waals surface area contributed by atoms with E-state index in [0.29, 0.717) is 10.7 Å². The van der Waals surface area contributed by atoms with Crippen LogP contribution in [0.25, 0.3) is 11.3 Å². The third kappa shape index (κ3) is 3.17. The summed E-state index contributed by atoms with van der Waals surface area (Å²) in [6.45, 7) is 1.98. The molecule has 0 saturated carbocycles. The molecule has 0 atom stereocenters. The van der Waals surface area contributed by atoms with Crippen molar-refractivity contribution in [2.45, 2.75) is 6.92 Å². The van der Waals surface area contributed by atoms with Crippen molar-refractivity contribution < 1.29 is 5.11 Å². The Morgan fingerprint density at radius 2 is 1.95 bits per heavy atom. The van der Waals surface area contributed by atoms with E-state index < -0.39 is 0 Å². The average Bonchev–Trinajstić information content (AvgIpc) is 2.98. The van der Waals surface area contributed by atoms with E-state index in [-0.39, 0.29) is 5.75 Å². The molecule has 0 aliphatic carbocycles. The van der Waals surface area contributed by atoms with E-state index in [1.165, 1.54) is 11.3 Å². The molecular weight excluding hydrogens is 280 g/mol. The molecule has 4 heteroatoms. The molecule has 1 N–H and O–H groups in total. The number of aliphatic imine (C=N–C) groups is 1. The van der Waals surface area contributed by atoms with Gasteiger partial charge in [0.1, 0.15) is 5.75 Å². The number of hydrogen-bond acceptors (Lipinski definition) is 4. The number of phenols is 1. The Hall–Kier alpha value is -2.46. The van der Waals surface area contributed by atoms with E-state index >= 15 is 0 Å². The molecule has 3 nitrogen and oxygen atoms in total. The molecule has 104 valence electrons. The summed E-state index contributed by atoms with van der Waals surface area (Å²) in [4.78, 5) is 8.83. The fourth-order valence-electron chi connectivity index (χ4n) is 1.97. The summed E-state index contributed by atoms with van der Waals surface area (Å²) in [5.41, 5.74) is 3.78. The Morgan fingerprint density at radius 1 is 1.14 bits per heavy atom. The summed E-state index contributed by atoms with van der Waals surface area (Å²) in [5.74, 6) is 0.226. The molecule has 3 aromatic rings. The summed E-state index contributed by atoms with van der Waals surface area (Å²) < 4.78 is 0. The van der Waals surface area contributed by atoms with Gasteiger partial charge in [-0.1, -0.05) is 42.0 Å². The summed E-state index contributed by atoms with van der Waals surface area (Å²) in [5, 5.41) is 12.4. The van der Waals surface area contributed by atoms with Crippen LogP contribution >= 0.6 is 11.3 Å². The number of thiazole rings is 1. The Balaban J connectivity index is 1.84. The van der Waals surface area contributed by atoms with Crippen LogP contribution in [0.2, 0.25) is 0 Å². The van der Waals surface area contributed by atoms with Crippen LogP contribution in [-0.4, -0.2) is 16.3 Å². The number of aromatic nitrogens is 1. The first-order valence-electron chi connectivity index (χ1n) is 6.57. The van der Waals surface area contributed by atoms with E-state index in [4.69, 9.17) is 0 Å². The number of phenolic OH excluding ortho intramolecular Hbond substituents is 1. The second-order valence-corrected chi connectivity index (χ2v) is 5.54. The minimum atomic E-state index is 0.226. The smallest absolute Gasteiger partial charge is 0.209 e. The fourth-order valence-corrected chi connectivity index (χ4v) is 2.64. The highest BCUT2D eigenvalue weighted by molar-refractivity contribution is 7.13. The predicted octanol–water partition coefficient (Wildman–Crippen LogP) is 4.57. The van der Waals surface area contributed by atoms with Gasteiger partial charge in [-0.3, -0.25) is 0 Å². The van der Waals surface area contributed by atoms with E-state index in [2.05, 4.69) is 9.98 Å². The van der Waals surface area contributed by atoms with Crippen LogP contribution in [0.4, 0.5) is 5.13 Å². The van der Waals surface area contributed by atoms with Gasteiger partial charge < -0.3 is 5.11 Å². The first-order chi connectivity index (χ1) is 10.2. The number of aromatic hydroxyl groups is 1. The number of rotatable bonds is 3. The molecule has 1 heterocycles. The van der Waals surface area contributed by atoms with Crippen molar-refractivity contribution in [3.05, 3.63) is 65.0 Å². The molecule has 0 amide bonds. The molecule has 3 rings (SSSR count). The van der Waals surface area contributed by atoms with Crippen LogP contribution in [-0.2, 0) is 0 Å². The lowest BCUT2D eigenvalue weighted by Crippen LogP contribution is -1.83. The SMILES string of the molecule is Cc1ccc(O)c(/C=N/c2nc(-c3ccccc3)cs2)c1. The monoisotopic (exact) mass is 294 g/mol. The van der Waals surface area contributed by atoms with Crippen LogP contribution in [0.5, 0.6) is 5.75 Å². The molecule has 0 bridgehead atoms. The van der Waals surface area contributed by atoms with Crippen LogP contribution in [0.15, 0.2) is 58.9 Å². The van der Waals surface area contributed by atoms with Gasteiger partial charge in [0.2, 0.25) is 5.13 Å². The second-order valence-electron chi connectivity index (χ2n) is 4.70. The minimum Gasteiger partial charge on any atom is -0.507 e. The topological polar surface area (TPSA) is 45.5 Å². The van der Waals surface area contributed by atoms with E-state index in [1.807, 2.05) is 54.8 Å². The van der Waals surface area contributed by atoms with Gasteiger partial charge >= 0.3 is 0 Å². The van der Waals surface area contributed by atoms with Gasteiger partial charge in [-0.25, -0.2) is 9.98 Å². The lowest BCUT2D eigenvalue weighted by atomic mass is 10.1. The molecule has 21 heavy (non-hydrogen) atoms. The minimum absolute atomic E-state index is 0.226. The van der Waals surface area contributed by atoms with Crippen LogP contribution in [0, 0.1) is 6.92 Å². The summed E-state index contributed by atoms with van der Waals surface area (Å²) in [6, 6.07) is 15.4. The molecule has 0 radical (unpaired) electrons. The van der Waals surface area contributed by atoms with Crippen LogP contribution in [0.3, 0.4) is 0 Å². The van der Waals surface area contributed by atoms with Crippen molar-refractivity contribution in [1.82, 2.24) is 4.98 Å². The first kappa shape index (κ1) is 13.5. The Kier molecular flexibility index (Phi) is 3.79.